The summed E-state index contributed by atoms with van der Waals surface area (Å²) in [5.74, 6) is 0.960. The third kappa shape index (κ3) is 7.73. The Morgan fingerprint density at radius 3 is 2.60 bits per heavy atom. The monoisotopic (exact) mass is 570 g/mol. The van der Waals surface area contributed by atoms with Gasteiger partial charge in [-0.1, -0.05) is 24.8 Å². The third-order valence-corrected chi connectivity index (χ3v) is 7.29. The van der Waals surface area contributed by atoms with Crippen LogP contribution in [0, 0.1) is 6.92 Å². The van der Waals surface area contributed by atoms with Crippen LogP contribution in [0.1, 0.15) is 35.3 Å². The highest BCUT2D eigenvalue weighted by Crippen LogP contribution is 2.25. The summed E-state index contributed by atoms with van der Waals surface area (Å²) in [6.07, 6.45) is 5.35. The van der Waals surface area contributed by atoms with Crippen LogP contribution < -0.4 is 22.1 Å². The molecule has 10 heteroatoms. The molecule has 0 unspecified atom stereocenters. The molecule has 0 bridgehead atoms. The lowest BCUT2D eigenvalue weighted by molar-refractivity contribution is 0.102. The van der Waals surface area contributed by atoms with Gasteiger partial charge in [-0.05, 0) is 68.3 Å². The number of aryl methyl sites for hydroxylation is 1. The fraction of sp³-hybridized carbons (Fsp3) is 0.344. The molecule has 2 aromatic carbocycles. The van der Waals surface area contributed by atoms with E-state index in [1.54, 1.807) is 13.2 Å². The van der Waals surface area contributed by atoms with Crippen molar-refractivity contribution in [2.75, 3.05) is 57.1 Å². The van der Waals surface area contributed by atoms with Crippen LogP contribution in [0.15, 0.2) is 88.9 Å². The number of allylic oxidation sites excluding steroid dienone is 1. The second-order valence-electron chi connectivity index (χ2n) is 11.0. The van der Waals surface area contributed by atoms with Crippen LogP contribution in [-0.2, 0) is 10.3 Å². The summed E-state index contributed by atoms with van der Waals surface area (Å²) in [5, 5.41) is 6.28. The van der Waals surface area contributed by atoms with E-state index in [2.05, 4.69) is 32.0 Å². The van der Waals surface area contributed by atoms with E-state index >= 15 is 0 Å². The number of amides is 1. The molecule has 0 radical (unpaired) electrons. The first-order chi connectivity index (χ1) is 20.1. The molecule has 0 aliphatic carbocycles. The van der Waals surface area contributed by atoms with E-state index in [-0.39, 0.29) is 5.91 Å². The van der Waals surface area contributed by atoms with Gasteiger partial charge in [0.05, 0.1) is 12.3 Å². The number of rotatable bonds is 9. The quantitative estimate of drug-likeness (QED) is 0.360. The zero-order valence-electron chi connectivity index (χ0n) is 25.0. The Morgan fingerprint density at radius 2 is 1.90 bits per heavy atom. The smallest absolute Gasteiger partial charge is 0.255 e. The molecule has 4 rings (SSSR count). The van der Waals surface area contributed by atoms with Gasteiger partial charge in [0.15, 0.2) is 0 Å². The van der Waals surface area contributed by atoms with Gasteiger partial charge in [0, 0.05) is 68.5 Å². The van der Waals surface area contributed by atoms with Crippen molar-refractivity contribution in [1.82, 2.24) is 9.80 Å². The summed E-state index contributed by atoms with van der Waals surface area (Å²) < 4.78 is 5.22. The van der Waals surface area contributed by atoms with E-state index in [1.165, 1.54) is 6.20 Å². The molecule has 2 heterocycles. The van der Waals surface area contributed by atoms with E-state index in [4.69, 9.17) is 21.2 Å². The number of carbonyl (C=O) groups excluding carboxylic acids is 1. The van der Waals surface area contributed by atoms with Crippen molar-refractivity contribution < 1.29 is 9.53 Å². The van der Waals surface area contributed by atoms with Crippen LogP contribution in [0.3, 0.4) is 0 Å². The standard InChI is InChI=1S/C32H42N8O2/c1-6-35-26-12-13-28(40-16-14-39(15-17-40)18-19-42-5)38-29(26)30(33)37-27-21-25(11-10-22(27)2)36-31(41)23-8-7-9-24(20-23)32(3,4)34/h6-13,20-21,37H,1,14-19,33-34H2,2-5H3,(H,36,41)/b30-29-,35-26-. The van der Waals surface area contributed by atoms with Gasteiger partial charge in [-0.2, -0.15) is 0 Å². The second kappa shape index (κ2) is 13.6. The normalized spacial score (nSPS) is 18.1. The van der Waals surface area contributed by atoms with Crippen LogP contribution in [0.5, 0.6) is 0 Å². The zero-order valence-corrected chi connectivity index (χ0v) is 25.0. The fourth-order valence-electron chi connectivity index (χ4n) is 4.74. The molecule has 0 saturated carbocycles. The van der Waals surface area contributed by atoms with Crippen molar-refractivity contribution in [1.29, 1.82) is 0 Å². The number of nitrogens with zero attached hydrogens (tertiary/aromatic N) is 4. The predicted octanol–water partition coefficient (Wildman–Crippen LogP) is 3.80. The molecule has 1 fully saturated rings. The van der Waals surface area contributed by atoms with Gasteiger partial charge in [-0.15, -0.1) is 0 Å². The molecule has 6 N–H and O–H groups in total. The van der Waals surface area contributed by atoms with Gasteiger partial charge in [0.1, 0.15) is 17.4 Å². The summed E-state index contributed by atoms with van der Waals surface area (Å²) in [7, 11) is 1.73. The molecule has 2 aliphatic rings. The van der Waals surface area contributed by atoms with Crippen LogP contribution in [0.4, 0.5) is 11.4 Å². The highest BCUT2D eigenvalue weighted by Gasteiger charge is 2.23. The van der Waals surface area contributed by atoms with Crippen molar-refractivity contribution in [3.63, 3.8) is 0 Å². The molecule has 1 saturated heterocycles. The lowest BCUT2D eigenvalue weighted by Gasteiger charge is -2.36. The summed E-state index contributed by atoms with van der Waals surface area (Å²) in [4.78, 5) is 27.0. The number of carbonyl (C=O) groups is 1. The number of piperazine rings is 1. The van der Waals surface area contributed by atoms with Crippen molar-refractivity contribution in [2.24, 2.45) is 21.5 Å². The van der Waals surface area contributed by atoms with E-state index in [9.17, 15) is 4.79 Å². The lowest BCUT2D eigenvalue weighted by atomic mass is 9.94. The fourth-order valence-corrected chi connectivity index (χ4v) is 4.74. The van der Waals surface area contributed by atoms with Gasteiger partial charge in [0.2, 0.25) is 0 Å². The van der Waals surface area contributed by atoms with Crippen molar-refractivity contribution >= 4 is 28.8 Å². The number of aliphatic imine (C=N–C) groups is 2. The first-order valence-electron chi connectivity index (χ1n) is 14.1. The summed E-state index contributed by atoms with van der Waals surface area (Å²) in [6.45, 7) is 14.7. The van der Waals surface area contributed by atoms with Crippen LogP contribution in [-0.4, -0.2) is 73.7 Å². The number of hydrogen-bond acceptors (Lipinski definition) is 9. The number of amidine groups is 1. The number of dihydropyridines is 1. The average molecular weight is 571 g/mol. The van der Waals surface area contributed by atoms with Crippen molar-refractivity contribution in [3.8, 4) is 0 Å². The molecule has 0 aromatic heterocycles. The Hall–Kier alpha value is -4.25. The number of anilines is 2. The van der Waals surface area contributed by atoms with E-state index < -0.39 is 5.54 Å². The largest absolute Gasteiger partial charge is 0.383 e. The zero-order chi connectivity index (χ0) is 30.3. The first-order valence-corrected chi connectivity index (χ1v) is 14.1. The molecule has 10 nitrogen and oxygen atoms in total. The van der Waals surface area contributed by atoms with Gasteiger partial charge in [0.25, 0.3) is 5.91 Å². The Labute approximate surface area is 248 Å². The minimum atomic E-state index is -0.551. The predicted molar refractivity (Wildman–Crippen MR) is 172 cm³/mol. The van der Waals surface area contributed by atoms with E-state index in [0.717, 1.165) is 62.0 Å². The molecule has 222 valence electrons. The van der Waals surface area contributed by atoms with Gasteiger partial charge >= 0.3 is 0 Å². The van der Waals surface area contributed by atoms with Gasteiger partial charge in [-0.25, -0.2) is 4.99 Å². The number of nitrogens with two attached hydrogens (primary N) is 2. The number of ether oxygens (including phenoxy) is 1. The molecule has 1 amide bonds. The average Bonchev–Trinajstić information content (AvgIpc) is 2.98. The summed E-state index contributed by atoms with van der Waals surface area (Å²) in [6, 6.07) is 13.0. The molecule has 0 spiro atoms. The third-order valence-electron chi connectivity index (χ3n) is 7.29. The molecular formula is C32H42N8O2. The van der Waals surface area contributed by atoms with E-state index in [0.29, 0.717) is 28.5 Å². The van der Waals surface area contributed by atoms with Crippen LogP contribution in [0.2, 0.25) is 0 Å². The molecule has 2 aliphatic heterocycles. The SMILES string of the molecule is C=C/N=C1/C=CC(N2CCN(CCOC)CC2)=N/C1=C(/N)Nc1cc(NC(=O)c2cccc(C(C)(C)N)c2)ccc1C. The molecule has 0 atom stereocenters. The number of methoxy groups -OCH3 is 1. The van der Waals surface area contributed by atoms with Crippen LogP contribution in [0.25, 0.3) is 0 Å². The summed E-state index contributed by atoms with van der Waals surface area (Å²) in [5.41, 5.74) is 17.2. The highest BCUT2D eigenvalue weighted by atomic mass is 16.5. The molecule has 2 aromatic rings. The molecular weight excluding hydrogens is 528 g/mol. The molecule has 42 heavy (non-hydrogen) atoms. The Balaban J connectivity index is 1.53. The minimum Gasteiger partial charge on any atom is -0.383 e. The van der Waals surface area contributed by atoms with Gasteiger partial charge in [-0.3, -0.25) is 14.7 Å². The maximum atomic E-state index is 13.1. The van der Waals surface area contributed by atoms with Crippen molar-refractivity contribution in [2.45, 2.75) is 26.3 Å². The maximum absolute atomic E-state index is 13.1. The number of nitrogens with one attached hydrogen (secondary N) is 2. The second-order valence-corrected chi connectivity index (χ2v) is 11.0. The Kier molecular flexibility index (Phi) is 9.95. The number of hydrogen-bond donors (Lipinski definition) is 4. The first kappa shape index (κ1) is 30.7. The Morgan fingerprint density at radius 1 is 1.14 bits per heavy atom. The lowest BCUT2D eigenvalue weighted by Crippen LogP contribution is -2.49. The van der Waals surface area contributed by atoms with Gasteiger partial charge < -0.3 is 31.7 Å². The topological polar surface area (TPSA) is 134 Å². The summed E-state index contributed by atoms with van der Waals surface area (Å²) >= 11 is 0. The van der Waals surface area contributed by atoms with Crippen LogP contribution >= 0.6 is 0 Å². The highest BCUT2D eigenvalue weighted by molar-refractivity contribution is 6.16. The number of benzene rings is 2. The minimum absolute atomic E-state index is 0.225. The Bertz CT molecular complexity index is 1430. The maximum Gasteiger partial charge on any atom is 0.255 e. The van der Waals surface area contributed by atoms with Crippen molar-refractivity contribution in [3.05, 3.63) is 95.6 Å². The van der Waals surface area contributed by atoms with E-state index in [1.807, 2.05) is 69.3 Å².